The first-order valence-electron chi connectivity index (χ1n) is 5.02. The molecule has 0 spiro atoms. The van der Waals surface area contributed by atoms with Gasteiger partial charge in [0.2, 0.25) is 0 Å². The van der Waals surface area contributed by atoms with Gasteiger partial charge in [0.25, 0.3) is 0 Å². The fourth-order valence-corrected chi connectivity index (χ4v) is 1.71. The highest BCUT2D eigenvalue weighted by Crippen LogP contribution is 2.22. The molecule has 0 saturated heterocycles. The minimum Gasteiger partial charge on any atom is -0.221 e. The molecule has 0 aliphatic heterocycles. The normalized spacial score (nSPS) is 13.4. The maximum atomic E-state index is 4.16. The van der Waals surface area contributed by atoms with Gasteiger partial charge >= 0.3 is 0 Å². The van der Waals surface area contributed by atoms with Gasteiger partial charge in [0.15, 0.2) is 5.65 Å². The van der Waals surface area contributed by atoms with Crippen LogP contribution in [0.5, 0.6) is 0 Å². The van der Waals surface area contributed by atoms with Crippen LogP contribution in [0.15, 0.2) is 18.6 Å². The van der Waals surface area contributed by atoms with Crippen molar-refractivity contribution in [3.8, 4) is 0 Å². The quantitative estimate of drug-likeness (QED) is 0.726. The van der Waals surface area contributed by atoms with Crippen LogP contribution in [0.4, 0.5) is 0 Å². The molecule has 74 valence electrons. The summed E-state index contributed by atoms with van der Waals surface area (Å²) in [5.41, 5.74) is 3.60. The van der Waals surface area contributed by atoms with Gasteiger partial charge in [-0.1, -0.05) is 13.8 Å². The highest BCUT2D eigenvalue weighted by molar-refractivity contribution is 5.43. The summed E-state index contributed by atoms with van der Waals surface area (Å²) in [7, 11) is 0. The van der Waals surface area contributed by atoms with Crippen molar-refractivity contribution in [3.63, 3.8) is 0 Å². The van der Waals surface area contributed by atoms with E-state index in [0.717, 1.165) is 12.1 Å². The van der Waals surface area contributed by atoms with Crippen LogP contribution in [0.1, 0.15) is 37.3 Å². The zero-order valence-electron chi connectivity index (χ0n) is 8.86. The Balaban J connectivity index is 2.58. The first-order valence-corrected chi connectivity index (χ1v) is 5.02. The Morgan fingerprint density at radius 2 is 2.29 bits per heavy atom. The van der Waals surface area contributed by atoms with Crippen LogP contribution in [-0.2, 0) is 0 Å². The first-order chi connectivity index (χ1) is 6.72. The highest BCUT2D eigenvalue weighted by Gasteiger charge is 2.08. The van der Waals surface area contributed by atoms with Crippen LogP contribution >= 0.6 is 0 Å². The SMILES string of the molecule is CCC(C)c1cn2ncnc2cc1C. The third kappa shape index (κ3) is 1.39. The van der Waals surface area contributed by atoms with Crippen molar-refractivity contribution in [2.24, 2.45) is 0 Å². The third-order valence-corrected chi connectivity index (χ3v) is 2.81. The molecule has 0 aliphatic carbocycles. The minimum absolute atomic E-state index is 0.587. The monoisotopic (exact) mass is 189 g/mol. The van der Waals surface area contributed by atoms with Gasteiger partial charge in [-0.2, -0.15) is 5.10 Å². The molecule has 0 aromatic carbocycles. The second kappa shape index (κ2) is 3.40. The van der Waals surface area contributed by atoms with E-state index in [1.807, 2.05) is 4.52 Å². The fourth-order valence-electron chi connectivity index (χ4n) is 1.71. The molecule has 0 bridgehead atoms. The van der Waals surface area contributed by atoms with Crippen molar-refractivity contribution >= 4 is 5.65 Å². The molecule has 0 aliphatic rings. The molecule has 0 radical (unpaired) electrons. The van der Waals surface area contributed by atoms with Crippen LogP contribution in [0.2, 0.25) is 0 Å². The van der Waals surface area contributed by atoms with Gasteiger partial charge in [0, 0.05) is 6.20 Å². The molecule has 2 aromatic heterocycles. The number of aryl methyl sites for hydroxylation is 1. The summed E-state index contributed by atoms with van der Waals surface area (Å²) >= 11 is 0. The number of nitrogens with zero attached hydrogens (tertiary/aromatic N) is 3. The van der Waals surface area contributed by atoms with Crippen LogP contribution in [0.3, 0.4) is 0 Å². The Labute approximate surface area is 83.8 Å². The molecule has 14 heavy (non-hydrogen) atoms. The number of hydrogen-bond donors (Lipinski definition) is 0. The molecule has 0 amide bonds. The van der Waals surface area contributed by atoms with Crippen molar-refractivity contribution in [2.75, 3.05) is 0 Å². The second-order valence-corrected chi connectivity index (χ2v) is 3.78. The summed E-state index contributed by atoms with van der Waals surface area (Å²) in [4.78, 5) is 4.16. The number of pyridine rings is 1. The van der Waals surface area contributed by atoms with E-state index in [4.69, 9.17) is 0 Å². The van der Waals surface area contributed by atoms with Crippen LogP contribution in [-0.4, -0.2) is 14.6 Å². The lowest BCUT2D eigenvalue weighted by atomic mass is 9.96. The Hall–Kier alpha value is -1.38. The van der Waals surface area contributed by atoms with Gasteiger partial charge < -0.3 is 0 Å². The zero-order chi connectivity index (χ0) is 10.1. The zero-order valence-corrected chi connectivity index (χ0v) is 8.86. The van der Waals surface area contributed by atoms with E-state index in [0.29, 0.717) is 5.92 Å². The Kier molecular flexibility index (Phi) is 2.23. The lowest BCUT2D eigenvalue weighted by Crippen LogP contribution is -1.99. The maximum absolute atomic E-state index is 4.16. The molecule has 0 saturated carbocycles. The molecule has 3 nitrogen and oxygen atoms in total. The van der Waals surface area contributed by atoms with E-state index in [-0.39, 0.29) is 0 Å². The molecule has 2 rings (SSSR count). The van der Waals surface area contributed by atoms with Crippen molar-refractivity contribution < 1.29 is 0 Å². The predicted molar refractivity (Wildman–Crippen MR) is 56.4 cm³/mol. The van der Waals surface area contributed by atoms with E-state index >= 15 is 0 Å². The van der Waals surface area contributed by atoms with Crippen molar-refractivity contribution in [1.82, 2.24) is 14.6 Å². The van der Waals surface area contributed by atoms with Gasteiger partial charge in [0.05, 0.1) is 0 Å². The number of fused-ring (bicyclic) bond motifs is 1. The summed E-state index contributed by atoms with van der Waals surface area (Å²) in [6.07, 6.45) is 4.84. The summed E-state index contributed by atoms with van der Waals surface area (Å²) in [6, 6.07) is 2.09. The van der Waals surface area contributed by atoms with Crippen LogP contribution < -0.4 is 0 Å². The fraction of sp³-hybridized carbons (Fsp3) is 0.455. The van der Waals surface area contributed by atoms with Crippen molar-refractivity contribution in [2.45, 2.75) is 33.1 Å². The lowest BCUT2D eigenvalue weighted by Gasteiger charge is -2.12. The van der Waals surface area contributed by atoms with Gasteiger partial charge in [-0.05, 0) is 36.5 Å². The summed E-state index contributed by atoms with van der Waals surface area (Å²) < 4.78 is 1.84. The first kappa shape index (κ1) is 9.19. The molecule has 0 N–H and O–H groups in total. The topological polar surface area (TPSA) is 30.2 Å². The Bertz CT molecular complexity index is 445. The average Bonchev–Trinajstić information content (AvgIpc) is 2.62. The summed E-state index contributed by atoms with van der Waals surface area (Å²) in [6.45, 7) is 6.58. The predicted octanol–water partition coefficient (Wildman–Crippen LogP) is 2.55. The van der Waals surface area contributed by atoms with Crippen molar-refractivity contribution in [3.05, 3.63) is 29.7 Å². The minimum atomic E-state index is 0.587. The number of aromatic nitrogens is 3. The average molecular weight is 189 g/mol. The number of hydrogen-bond acceptors (Lipinski definition) is 2. The van der Waals surface area contributed by atoms with Gasteiger partial charge in [-0.25, -0.2) is 9.50 Å². The Morgan fingerprint density at radius 1 is 1.50 bits per heavy atom. The van der Waals surface area contributed by atoms with E-state index in [9.17, 15) is 0 Å². The highest BCUT2D eigenvalue weighted by atomic mass is 15.3. The third-order valence-electron chi connectivity index (χ3n) is 2.81. The second-order valence-electron chi connectivity index (χ2n) is 3.78. The summed E-state index contributed by atoms with van der Waals surface area (Å²) in [5, 5.41) is 4.14. The molecule has 2 heterocycles. The molecule has 2 aromatic rings. The van der Waals surface area contributed by atoms with Crippen molar-refractivity contribution in [1.29, 1.82) is 0 Å². The molecular formula is C11H15N3. The van der Waals surface area contributed by atoms with Gasteiger partial charge in [-0.3, -0.25) is 0 Å². The van der Waals surface area contributed by atoms with Gasteiger partial charge in [-0.15, -0.1) is 0 Å². The van der Waals surface area contributed by atoms with E-state index in [1.54, 1.807) is 6.33 Å². The Morgan fingerprint density at radius 3 is 3.00 bits per heavy atom. The lowest BCUT2D eigenvalue weighted by molar-refractivity contribution is 0.717. The largest absolute Gasteiger partial charge is 0.221 e. The summed E-state index contributed by atoms with van der Waals surface area (Å²) in [5.74, 6) is 0.587. The van der Waals surface area contributed by atoms with E-state index in [1.165, 1.54) is 11.1 Å². The standard InChI is InChI=1S/C11H15N3/c1-4-8(2)10-6-14-11(5-9(10)3)12-7-13-14/h5-8H,4H2,1-3H3. The molecule has 1 unspecified atom stereocenters. The van der Waals surface area contributed by atoms with E-state index in [2.05, 4.69) is 43.1 Å². The van der Waals surface area contributed by atoms with Gasteiger partial charge in [0.1, 0.15) is 6.33 Å². The van der Waals surface area contributed by atoms with Crippen LogP contribution in [0, 0.1) is 6.92 Å². The van der Waals surface area contributed by atoms with Crippen LogP contribution in [0.25, 0.3) is 5.65 Å². The maximum Gasteiger partial charge on any atom is 0.155 e. The molecule has 1 atom stereocenters. The molecule has 3 heteroatoms. The molecular weight excluding hydrogens is 174 g/mol. The molecule has 0 fully saturated rings. The number of rotatable bonds is 2. The smallest absolute Gasteiger partial charge is 0.155 e. The van der Waals surface area contributed by atoms with E-state index < -0.39 is 0 Å².